The van der Waals surface area contributed by atoms with Crippen LogP contribution in [0, 0.1) is 0 Å². The maximum Gasteiger partial charge on any atom is 0.0766 e. The molecular weight excluding hydrogens is 348 g/mol. The highest BCUT2D eigenvalue weighted by atomic mass is 79.9. The lowest BCUT2D eigenvalue weighted by Gasteiger charge is -2.37. The van der Waals surface area contributed by atoms with Gasteiger partial charge >= 0.3 is 0 Å². The third kappa shape index (κ3) is 3.84. The van der Waals surface area contributed by atoms with E-state index in [0.717, 1.165) is 19.4 Å². The van der Waals surface area contributed by atoms with E-state index in [0.29, 0.717) is 12.1 Å². The van der Waals surface area contributed by atoms with Crippen LogP contribution in [0.3, 0.4) is 0 Å². The summed E-state index contributed by atoms with van der Waals surface area (Å²) in [4.78, 5) is 2.50. The zero-order chi connectivity index (χ0) is 15.4. The summed E-state index contributed by atoms with van der Waals surface area (Å²) < 4.78 is 3.36. The van der Waals surface area contributed by atoms with Gasteiger partial charge in [0.2, 0.25) is 0 Å². The zero-order valence-electron chi connectivity index (χ0n) is 13.5. The highest BCUT2D eigenvalue weighted by molar-refractivity contribution is 9.10. The molecular formula is C15H27BrN4S. The van der Waals surface area contributed by atoms with Crippen LogP contribution in [0.5, 0.6) is 0 Å². The van der Waals surface area contributed by atoms with Crippen LogP contribution in [0.4, 0.5) is 0 Å². The lowest BCUT2D eigenvalue weighted by Crippen LogP contribution is -2.53. The molecule has 0 aliphatic carbocycles. The standard InChI is InChI=1S/C15H27BrN4S/c1-5-11-15(16)13(20(6-2)18-11)9-12(17-3)14-10-21-8-7-19(14)4/h12,14,17H,5-10H2,1-4H3. The van der Waals surface area contributed by atoms with Crippen LogP contribution in [0.2, 0.25) is 0 Å². The molecule has 1 aromatic rings. The van der Waals surface area contributed by atoms with Crippen LogP contribution in [0.15, 0.2) is 4.47 Å². The second-order valence-corrected chi connectivity index (χ2v) is 7.54. The number of hydrogen-bond acceptors (Lipinski definition) is 4. The summed E-state index contributed by atoms with van der Waals surface area (Å²) in [5, 5.41) is 8.26. The molecule has 2 rings (SSSR count). The van der Waals surface area contributed by atoms with E-state index in [9.17, 15) is 0 Å². The maximum atomic E-state index is 4.72. The van der Waals surface area contributed by atoms with Crippen molar-refractivity contribution in [2.45, 2.75) is 45.3 Å². The lowest BCUT2D eigenvalue weighted by molar-refractivity contribution is 0.217. The molecule has 6 heteroatoms. The Balaban J connectivity index is 2.19. The van der Waals surface area contributed by atoms with Crippen molar-refractivity contribution in [3.63, 3.8) is 0 Å². The molecule has 2 heterocycles. The van der Waals surface area contributed by atoms with Gasteiger partial charge in [-0.05, 0) is 43.4 Å². The Morgan fingerprint density at radius 2 is 2.24 bits per heavy atom. The number of likely N-dealkylation sites (N-methyl/N-ethyl adjacent to an activating group) is 2. The molecule has 0 amide bonds. The van der Waals surface area contributed by atoms with Gasteiger partial charge in [-0.25, -0.2) is 0 Å². The topological polar surface area (TPSA) is 33.1 Å². The van der Waals surface area contributed by atoms with E-state index in [1.807, 2.05) is 0 Å². The molecule has 0 bridgehead atoms. The molecule has 0 saturated carbocycles. The fourth-order valence-electron chi connectivity index (χ4n) is 2.98. The third-order valence-corrected chi connectivity index (χ3v) is 6.35. The first kappa shape index (κ1) is 17.3. The van der Waals surface area contributed by atoms with Gasteiger partial charge in [-0.1, -0.05) is 6.92 Å². The van der Waals surface area contributed by atoms with E-state index in [1.165, 1.54) is 33.9 Å². The Labute approximate surface area is 141 Å². The van der Waals surface area contributed by atoms with Gasteiger partial charge < -0.3 is 10.2 Å². The Morgan fingerprint density at radius 1 is 1.48 bits per heavy atom. The molecule has 0 spiro atoms. The molecule has 2 atom stereocenters. The average Bonchev–Trinajstić information content (AvgIpc) is 2.81. The van der Waals surface area contributed by atoms with Crippen molar-refractivity contribution in [1.29, 1.82) is 0 Å². The first-order chi connectivity index (χ1) is 10.1. The van der Waals surface area contributed by atoms with Crippen molar-refractivity contribution in [1.82, 2.24) is 20.0 Å². The molecule has 1 aliphatic heterocycles. The number of nitrogens with zero attached hydrogens (tertiary/aromatic N) is 3. The zero-order valence-corrected chi connectivity index (χ0v) is 15.9. The first-order valence-corrected chi connectivity index (χ1v) is 9.76. The summed E-state index contributed by atoms with van der Waals surface area (Å²) in [6, 6.07) is 1.05. The SMILES string of the molecule is CCc1nn(CC)c(CC(NC)C2CSCCN2C)c1Br. The number of halogens is 1. The molecule has 1 aliphatic rings. The number of nitrogens with one attached hydrogen (secondary N) is 1. The second kappa shape index (κ2) is 7.99. The van der Waals surface area contributed by atoms with E-state index in [2.05, 4.69) is 70.5 Å². The van der Waals surface area contributed by atoms with Crippen molar-refractivity contribution >= 4 is 27.7 Å². The molecule has 21 heavy (non-hydrogen) atoms. The number of rotatable bonds is 6. The van der Waals surface area contributed by atoms with Crippen LogP contribution in [0.1, 0.15) is 25.2 Å². The van der Waals surface area contributed by atoms with Gasteiger partial charge in [0.25, 0.3) is 0 Å². The van der Waals surface area contributed by atoms with E-state index >= 15 is 0 Å². The Hall–Kier alpha value is -0.0400. The van der Waals surface area contributed by atoms with Crippen molar-refractivity contribution in [2.75, 3.05) is 32.1 Å². The van der Waals surface area contributed by atoms with Crippen LogP contribution >= 0.6 is 27.7 Å². The summed E-state index contributed by atoms with van der Waals surface area (Å²) in [6.07, 6.45) is 2.00. The fourth-order valence-corrected chi connectivity index (χ4v) is 5.02. The molecule has 2 unspecified atom stereocenters. The van der Waals surface area contributed by atoms with Crippen LogP contribution < -0.4 is 5.32 Å². The minimum absolute atomic E-state index is 0.464. The molecule has 0 aromatic carbocycles. The van der Waals surface area contributed by atoms with Gasteiger partial charge in [0, 0.05) is 43.1 Å². The molecule has 1 saturated heterocycles. The Morgan fingerprint density at radius 3 is 2.81 bits per heavy atom. The smallest absolute Gasteiger partial charge is 0.0766 e. The molecule has 1 N–H and O–H groups in total. The molecule has 1 fully saturated rings. The summed E-state index contributed by atoms with van der Waals surface area (Å²) in [7, 11) is 4.33. The Kier molecular flexibility index (Phi) is 6.59. The minimum atomic E-state index is 0.464. The first-order valence-electron chi connectivity index (χ1n) is 7.81. The quantitative estimate of drug-likeness (QED) is 0.828. The number of thioether (sulfide) groups is 1. The molecule has 1 aromatic heterocycles. The largest absolute Gasteiger partial charge is 0.315 e. The molecule has 120 valence electrons. The summed E-state index contributed by atoms with van der Waals surface area (Å²) in [5.41, 5.74) is 2.51. The minimum Gasteiger partial charge on any atom is -0.315 e. The van der Waals surface area contributed by atoms with Crippen molar-refractivity contribution < 1.29 is 0 Å². The van der Waals surface area contributed by atoms with Gasteiger partial charge in [0.1, 0.15) is 0 Å². The van der Waals surface area contributed by atoms with E-state index < -0.39 is 0 Å². The third-order valence-electron chi connectivity index (χ3n) is 4.39. The monoisotopic (exact) mass is 374 g/mol. The van der Waals surface area contributed by atoms with Gasteiger partial charge in [-0.3, -0.25) is 4.68 Å². The van der Waals surface area contributed by atoms with E-state index in [-0.39, 0.29) is 0 Å². The maximum absolute atomic E-state index is 4.72. The lowest BCUT2D eigenvalue weighted by atomic mass is 10.0. The van der Waals surface area contributed by atoms with Gasteiger partial charge in [-0.2, -0.15) is 16.9 Å². The summed E-state index contributed by atoms with van der Waals surface area (Å²) in [6.45, 7) is 6.44. The van der Waals surface area contributed by atoms with Gasteiger partial charge in [0.15, 0.2) is 0 Å². The predicted octanol–water partition coefficient (Wildman–Crippen LogP) is 2.41. The summed E-state index contributed by atoms with van der Waals surface area (Å²) >= 11 is 5.84. The molecule has 4 nitrogen and oxygen atoms in total. The van der Waals surface area contributed by atoms with Crippen molar-refractivity contribution in [3.05, 3.63) is 15.9 Å². The van der Waals surface area contributed by atoms with E-state index in [1.54, 1.807) is 0 Å². The van der Waals surface area contributed by atoms with Gasteiger partial charge in [0.05, 0.1) is 15.9 Å². The number of hydrogen-bond donors (Lipinski definition) is 1. The van der Waals surface area contributed by atoms with Crippen LogP contribution in [0.25, 0.3) is 0 Å². The van der Waals surface area contributed by atoms with E-state index in [4.69, 9.17) is 5.10 Å². The van der Waals surface area contributed by atoms with Crippen LogP contribution in [-0.4, -0.2) is 58.9 Å². The molecule has 0 radical (unpaired) electrons. The van der Waals surface area contributed by atoms with Gasteiger partial charge in [-0.15, -0.1) is 0 Å². The summed E-state index contributed by atoms with van der Waals surface area (Å²) in [5.74, 6) is 2.46. The Bertz CT molecular complexity index is 463. The normalized spacial score (nSPS) is 21.7. The van der Waals surface area contributed by atoms with Crippen LogP contribution in [-0.2, 0) is 19.4 Å². The predicted molar refractivity (Wildman–Crippen MR) is 95.3 cm³/mol. The number of aromatic nitrogens is 2. The van der Waals surface area contributed by atoms with Crippen molar-refractivity contribution in [3.8, 4) is 0 Å². The highest BCUT2D eigenvalue weighted by Crippen LogP contribution is 2.26. The number of aryl methyl sites for hydroxylation is 2. The second-order valence-electron chi connectivity index (χ2n) is 5.60. The van der Waals surface area contributed by atoms with Crippen molar-refractivity contribution in [2.24, 2.45) is 0 Å². The average molecular weight is 375 g/mol. The fraction of sp³-hybridized carbons (Fsp3) is 0.800. The highest BCUT2D eigenvalue weighted by Gasteiger charge is 2.29.